The highest BCUT2D eigenvalue weighted by atomic mass is 16.2. The minimum atomic E-state index is -0.272. The van der Waals surface area contributed by atoms with Crippen LogP contribution in [-0.4, -0.2) is 10.9 Å². The van der Waals surface area contributed by atoms with Crippen molar-refractivity contribution in [3.05, 3.63) is 89.6 Å². The van der Waals surface area contributed by atoms with Gasteiger partial charge < -0.3 is 5.32 Å². The molecule has 0 spiro atoms. The summed E-state index contributed by atoms with van der Waals surface area (Å²) >= 11 is 0. The third-order valence-electron chi connectivity index (χ3n) is 4.50. The molecule has 0 unspecified atom stereocenters. The molecule has 1 N–H and O–H groups in total. The molecule has 1 aliphatic heterocycles. The average molecular weight is 329 g/mol. The van der Waals surface area contributed by atoms with Crippen molar-refractivity contribution in [3.63, 3.8) is 0 Å². The second-order valence-electron chi connectivity index (χ2n) is 6.05. The summed E-state index contributed by atoms with van der Waals surface area (Å²) in [6, 6.07) is 21.6. The van der Waals surface area contributed by atoms with E-state index in [0.29, 0.717) is 5.82 Å². The summed E-state index contributed by atoms with van der Waals surface area (Å²) < 4.78 is 0. The van der Waals surface area contributed by atoms with Crippen molar-refractivity contribution in [3.8, 4) is 0 Å². The molecule has 4 nitrogen and oxygen atoms in total. The van der Waals surface area contributed by atoms with Crippen LogP contribution in [0.25, 0.3) is 0 Å². The first-order chi connectivity index (χ1) is 12.3. The lowest BCUT2D eigenvalue weighted by atomic mass is 10.1. The van der Waals surface area contributed by atoms with Crippen LogP contribution in [-0.2, 0) is 6.42 Å². The van der Waals surface area contributed by atoms with Crippen molar-refractivity contribution >= 4 is 17.4 Å². The van der Waals surface area contributed by atoms with Crippen molar-refractivity contribution in [2.45, 2.75) is 19.5 Å². The SMILES string of the molecule is CCc1cccc(N[C@H]2c3ccccc3C(=O)N2c2ccccn2)c1. The van der Waals surface area contributed by atoms with E-state index < -0.39 is 0 Å². The number of aryl methyl sites for hydroxylation is 1. The monoisotopic (exact) mass is 329 g/mol. The lowest BCUT2D eigenvalue weighted by molar-refractivity contribution is 0.0992. The third kappa shape index (κ3) is 2.76. The van der Waals surface area contributed by atoms with Crippen LogP contribution in [0.3, 0.4) is 0 Å². The number of pyridine rings is 1. The maximum Gasteiger partial charge on any atom is 0.261 e. The van der Waals surface area contributed by atoms with Crippen molar-refractivity contribution in [1.82, 2.24) is 4.98 Å². The van der Waals surface area contributed by atoms with Crippen molar-refractivity contribution < 1.29 is 4.79 Å². The van der Waals surface area contributed by atoms with Crippen LogP contribution in [0.15, 0.2) is 72.9 Å². The van der Waals surface area contributed by atoms with Gasteiger partial charge in [-0.05, 0) is 42.3 Å². The van der Waals surface area contributed by atoms with Crippen molar-refractivity contribution in [1.29, 1.82) is 0 Å². The van der Waals surface area contributed by atoms with E-state index in [9.17, 15) is 4.79 Å². The lowest BCUT2D eigenvalue weighted by Gasteiger charge is -2.26. The van der Waals surface area contributed by atoms with Gasteiger partial charge in [-0.3, -0.25) is 9.69 Å². The Morgan fingerprint density at radius 2 is 1.88 bits per heavy atom. The predicted octanol–water partition coefficient (Wildman–Crippen LogP) is 4.42. The number of anilines is 2. The first-order valence-electron chi connectivity index (χ1n) is 8.47. The van der Waals surface area contributed by atoms with Gasteiger partial charge in [0.2, 0.25) is 0 Å². The van der Waals surface area contributed by atoms with E-state index >= 15 is 0 Å². The van der Waals surface area contributed by atoms with Crippen LogP contribution >= 0.6 is 0 Å². The number of rotatable bonds is 4. The molecule has 0 saturated carbocycles. The van der Waals surface area contributed by atoms with Gasteiger partial charge in [-0.2, -0.15) is 0 Å². The van der Waals surface area contributed by atoms with Gasteiger partial charge in [0.15, 0.2) is 0 Å². The number of aromatic nitrogens is 1. The molecule has 0 bridgehead atoms. The topological polar surface area (TPSA) is 45.2 Å². The minimum Gasteiger partial charge on any atom is -0.361 e. The van der Waals surface area contributed by atoms with Crippen molar-refractivity contribution in [2.75, 3.05) is 10.2 Å². The normalized spacial score (nSPS) is 16.0. The molecular formula is C21H19N3O. The fourth-order valence-electron chi connectivity index (χ4n) is 3.23. The summed E-state index contributed by atoms with van der Waals surface area (Å²) in [5.74, 6) is 0.617. The van der Waals surface area contributed by atoms with E-state index in [-0.39, 0.29) is 12.1 Å². The second-order valence-corrected chi connectivity index (χ2v) is 6.05. The Bertz CT molecular complexity index is 908. The minimum absolute atomic E-state index is 0.0292. The third-order valence-corrected chi connectivity index (χ3v) is 4.50. The number of carbonyl (C=O) groups is 1. The van der Waals surface area contributed by atoms with Gasteiger partial charge >= 0.3 is 0 Å². The number of nitrogens with zero attached hydrogens (tertiary/aromatic N) is 2. The van der Waals surface area contributed by atoms with E-state index in [2.05, 4.69) is 29.4 Å². The number of nitrogens with one attached hydrogen (secondary N) is 1. The molecule has 0 saturated heterocycles. The molecule has 1 aromatic heterocycles. The van der Waals surface area contributed by atoms with Crippen LogP contribution in [0.2, 0.25) is 0 Å². The first-order valence-corrected chi connectivity index (χ1v) is 8.47. The van der Waals surface area contributed by atoms with Gasteiger partial charge in [-0.15, -0.1) is 0 Å². The molecule has 3 aromatic rings. The van der Waals surface area contributed by atoms with E-state index in [1.807, 2.05) is 54.6 Å². The number of hydrogen-bond acceptors (Lipinski definition) is 3. The molecule has 0 aliphatic carbocycles. The van der Waals surface area contributed by atoms with Gasteiger partial charge in [-0.25, -0.2) is 4.98 Å². The number of benzene rings is 2. The van der Waals surface area contributed by atoms with Crippen molar-refractivity contribution in [2.24, 2.45) is 0 Å². The summed E-state index contributed by atoms with van der Waals surface area (Å²) in [6.45, 7) is 2.13. The highest BCUT2D eigenvalue weighted by Crippen LogP contribution is 2.37. The molecule has 124 valence electrons. The number of amides is 1. The average Bonchev–Trinajstić information content (AvgIpc) is 2.95. The molecule has 1 atom stereocenters. The Morgan fingerprint density at radius 1 is 1.04 bits per heavy atom. The molecule has 4 rings (SSSR count). The summed E-state index contributed by atoms with van der Waals surface area (Å²) in [6.07, 6.45) is 2.41. The fourth-order valence-corrected chi connectivity index (χ4v) is 3.23. The molecule has 4 heteroatoms. The highest BCUT2D eigenvalue weighted by Gasteiger charge is 2.38. The molecule has 2 aromatic carbocycles. The Hall–Kier alpha value is -3.14. The molecular weight excluding hydrogens is 310 g/mol. The Kier molecular flexibility index (Phi) is 3.94. The van der Waals surface area contributed by atoms with E-state index in [1.54, 1.807) is 11.1 Å². The quantitative estimate of drug-likeness (QED) is 0.771. The van der Waals surface area contributed by atoms with E-state index in [1.165, 1.54) is 5.56 Å². The number of carbonyl (C=O) groups excluding carboxylic acids is 1. The van der Waals surface area contributed by atoms with E-state index in [4.69, 9.17) is 0 Å². The number of hydrogen-bond donors (Lipinski definition) is 1. The maximum atomic E-state index is 13.0. The van der Waals surface area contributed by atoms with Gasteiger partial charge in [0, 0.05) is 23.0 Å². The molecule has 1 aliphatic rings. The van der Waals surface area contributed by atoms with Crippen LogP contribution in [0.4, 0.5) is 11.5 Å². The maximum absolute atomic E-state index is 13.0. The second kappa shape index (κ2) is 6.40. The van der Waals surface area contributed by atoms with Gasteiger partial charge in [0.1, 0.15) is 12.0 Å². The standard InChI is InChI=1S/C21H19N3O/c1-2-15-8-7-9-16(14-15)23-20-17-10-3-4-11-18(17)21(25)24(20)19-12-5-6-13-22-19/h3-14,20,23H,2H2,1H3/t20-/m1/s1. The van der Waals surface area contributed by atoms with Crippen LogP contribution < -0.4 is 10.2 Å². The summed E-state index contributed by atoms with van der Waals surface area (Å²) in [5, 5.41) is 3.52. The molecule has 0 fully saturated rings. The van der Waals surface area contributed by atoms with Gasteiger partial charge in [0.05, 0.1) is 0 Å². The smallest absolute Gasteiger partial charge is 0.261 e. The summed E-state index contributed by atoms with van der Waals surface area (Å²) in [5.41, 5.74) is 3.94. The summed E-state index contributed by atoms with van der Waals surface area (Å²) in [4.78, 5) is 19.1. The zero-order chi connectivity index (χ0) is 17.2. The molecule has 2 heterocycles. The Labute approximate surface area is 147 Å². The van der Waals surface area contributed by atoms with Crippen LogP contribution in [0.1, 0.15) is 34.6 Å². The zero-order valence-electron chi connectivity index (χ0n) is 14.0. The van der Waals surface area contributed by atoms with Gasteiger partial charge in [-0.1, -0.05) is 43.3 Å². The molecule has 0 radical (unpaired) electrons. The van der Waals surface area contributed by atoms with Crippen LogP contribution in [0, 0.1) is 0 Å². The lowest BCUT2D eigenvalue weighted by Crippen LogP contribution is -2.32. The Balaban J connectivity index is 1.77. The summed E-state index contributed by atoms with van der Waals surface area (Å²) in [7, 11) is 0. The largest absolute Gasteiger partial charge is 0.361 e. The predicted molar refractivity (Wildman–Crippen MR) is 99.7 cm³/mol. The Morgan fingerprint density at radius 3 is 2.68 bits per heavy atom. The fraction of sp³-hybridized carbons (Fsp3) is 0.143. The molecule has 1 amide bonds. The van der Waals surface area contributed by atoms with E-state index in [0.717, 1.165) is 23.2 Å². The highest BCUT2D eigenvalue weighted by molar-refractivity contribution is 6.10. The first kappa shape index (κ1) is 15.4. The zero-order valence-corrected chi connectivity index (χ0v) is 14.0. The van der Waals surface area contributed by atoms with Crippen LogP contribution in [0.5, 0.6) is 0 Å². The molecule has 25 heavy (non-hydrogen) atoms. The number of fused-ring (bicyclic) bond motifs is 1. The van der Waals surface area contributed by atoms with Gasteiger partial charge in [0.25, 0.3) is 5.91 Å².